The number of hydrogen-bond acceptors (Lipinski definition) is 2. The molecule has 17 heavy (non-hydrogen) atoms. The van der Waals surface area contributed by atoms with Gasteiger partial charge in [0.05, 0.1) is 11.6 Å². The standard InChI is InChI=1S/C12H11F3N2/c13-12(14,15)11(4-5-17-8-11)10-3-1-2-9(6-10)7-16/h1-3,6,17H,4-5,8H2/t11-/m1/s1. The van der Waals surface area contributed by atoms with Gasteiger partial charge in [-0.2, -0.15) is 18.4 Å². The molecule has 1 aliphatic rings. The second-order valence-electron chi connectivity index (χ2n) is 4.20. The normalized spacial score (nSPS) is 24.6. The molecule has 0 aromatic heterocycles. The van der Waals surface area contributed by atoms with Gasteiger partial charge >= 0.3 is 6.18 Å². The van der Waals surface area contributed by atoms with Gasteiger partial charge in [0.25, 0.3) is 0 Å². The molecule has 1 atom stereocenters. The van der Waals surface area contributed by atoms with Crippen molar-refractivity contribution >= 4 is 0 Å². The average Bonchev–Trinajstić information content (AvgIpc) is 2.79. The maximum atomic E-state index is 13.2. The Morgan fingerprint density at radius 2 is 2.12 bits per heavy atom. The molecule has 1 heterocycles. The zero-order valence-electron chi connectivity index (χ0n) is 9.01. The minimum Gasteiger partial charge on any atom is -0.315 e. The van der Waals surface area contributed by atoms with Crippen LogP contribution in [-0.4, -0.2) is 19.3 Å². The molecule has 0 amide bonds. The summed E-state index contributed by atoms with van der Waals surface area (Å²) in [6.07, 6.45) is -4.28. The van der Waals surface area contributed by atoms with Crippen LogP contribution in [0.15, 0.2) is 24.3 Å². The Morgan fingerprint density at radius 3 is 2.65 bits per heavy atom. The van der Waals surface area contributed by atoms with Crippen LogP contribution >= 0.6 is 0 Å². The number of nitrogens with zero attached hydrogens (tertiary/aromatic N) is 1. The van der Waals surface area contributed by atoms with Gasteiger partial charge in [0.1, 0.15) is 5.41 Å². The molecule has 1 aliphatic heterocycles. The Labute approximate surface area is 97.1 Å². The Bertz CT molecular complexity index is 454. The molecule has 0 saturated carbocycles. The van der Waals surface area contributed by atoms with E-state index < -0.39 is 11.6 Å². The Hall–Kier alpha value is -1.54. The van der Waals surface area contributed by atoms with E-state index in [4.69, 9.17) is 5.26 Å². The fraction of sp³-hybridized carbons (Fsp3) is 0.417. The predicted octanol–water partition coefficient (Wildman–Crippen LogP) is 2.35. The zero-order valence-corrected chi connectivity index (χ0v) is 9.01. The van der Waals surface area contributed by atoms with Crippen molar-refractivity contribution in [3.8, 4) is 6.07 Å². The minimum absolute atomic E-state index is 0.0192. The first-order valence-electron chi connectivity index (χ1n) is 5.28. The van der Waals surface area contributed by atoms with Crippen molar-refractivity contribution in [3.63, 3.8) is 0 Å². The summed E-state index contributed by atoms with van der Waals surface area (Å²) in [5.74, 6) is 0. The van der Waals surface area contributed by atoms with Gasteiger partial charge in [0, 0.05) is 6.54 Å². The van der Waals surface area contributed by atoms with Crippen LogP contribution in [0.5, 0.6) is 0 Å². The Balaban J connectivity index is 2.51. The minimum atomic E-state index is -4.30. The van der Waals surface area contributed by atoms with E-state index in [-0.39, 0.29) is 24.1 Å². The van der Waals surface area contributed by atoms with E-state index in [2.05, 4.69) is 5.32 Å². The molecular weight excluding hydrogens is 229 g/mol. The number of rotatable bonds is 1. The molecular formula is C12H11F3N2. The molecule has 90 valence electrons. The molecule has 1 aromatic rings. The van der Waals surface area contributed by atoms with Crippen molar-refractivity contribution < 1.29 is 13.2 Å². The Morgan fingerprint density at radius 1 is 1.35 bits per heavy atom. The summed E-state index contributed by atoms with van der Waals surface area (Å²) in [4.78, 5) is 0. The fourth-order valence-corrected chi connectivity index (χ4v) is 2.23. The first-order chi connectivity index (χ1) is 7.99. The van der Waals surface area contributed by atoms with E-state index >= 15 is 0 Å². The fourth-order valence-electron chi connectivity index (χ4n) is 2.23. The molecule has 2 rings (SSSR count). The first kappa shape index (κ1) is 11.9. The van der Waals surface area contributed by atoms with E-state index in [0.29, 0.717) is 6.54 Å². The van der Waals surface area contributed by atoms with Crippen molar-refractivity contribution in [2.45, 2.75) is 18.0 Å². The van der Waals surface area contributed by atoms with Gasteiger partial charge in [0.15, 0.2) is 0 Å². The van der Waals surface area contributed by atoms with Gasteiger partial charge in [-0.15, -0.1) is 0 Å². The van der Waals surface area contributed by atoms with Gasteiger partial charge in [-0.3, -0.25) is 0 Å². The largest absolute Gasteiger partial charge is 0.399 e. The SMILES string of the molecule is N#Cc1cccc([C@@]2(C(F)(F)F)CCNC2)c1. The number of halogens is 3. The monoisotopic (exact) mass is 240 g/mol. The highest BCUT2D eigenvalue weighted by Gasteiger charge is 2.57. The smallest absolute Gasteiger partial charge is 0.315 e. The van der Waals surface area contributed by atoms with Crippen molar-refractivity contribution in [1.29, 1.82) is 5.26 Å². The topological polar surface area (TPSA) is 35.8 Å². The van der Waals surface area contributed by atoms with Crippen molar-refractivity contribution in [2.24, 2.45) is 0 Å². The summed E-state index contributed by atoms with van der Waals surface area (Å²) in [6.45, 7) is 0.224. The molecule has 1 aromatic carbocycles. The molecule has 2 nitrogen and oxygen atoms in total. The van der Waals surface area contributed by atoms with E-state index in [0.717, 1.165) is 0 Å². The molecule has 0 bridgehead atoms. The Kier molecular flexibility index (Phi) is 2.84. The van der Waals surface area contributed by atoms with Gasteiger partial charge < -0.3 is 5.32 Å². The molecule has 0 unspecified atom stereocenters. The number of benzene rings is 1. The van der Waals surface area contributed by atoms with Crippen molar-refractivity contribution in [2.75, 3.05) is 13.1 Å². The first-order valence-corrected chi connectivity index (χ1v) is 5.28. The summed E-state index contributed by atoms with van der Waals surface area (Å²) in [7, 11) is 0. The van der Waals surface area contributed by atoms with E-state index in [9.17, 15) is 13.2 Å². The van der Waals surface area contributed by atoms with Crippen molar-refractivity contribution in [3.05, 3.63) is 35.4 Å². The maximum absolute atomic E-state index is 13.2. The van der Waals surface area contributed by atoms with Gasteiger partial charge in [0.2, 0.25) is 0 Å². The van der Waals surface area contributed by atoms with E-state index in [1.54, 1.807) is 0 Å². The van der Waals surface area contributed by atoms with Gasteiger partial charge in [-0.1, -0.05) is 12.1 Å². The van der Waals surface area contributed by atoms with Crippen LogP contribution in [-0.2, 0) is 5.41 Å². The third-order valence-electron chi connectivity index (χ3n) is 3.24. The predicted molar refractivity (Wildman–Crippen MR) is 56.4 cm³/mol. The molecule has 5 heteroatoms. The summed E-state index contributed by atoms with van der Waals surface area (Å²) >= 11 is 0. The van der Waals surface area contributed by atoms with Gasteiger partial charge in [-0.05, 0) is 30.7 Å². The second kappa shape index (κ2) is 4.04. The van der Waals surface area contributed by atoms with E-state index in [1.165, 1.54) is 24.3 Å². The van der Waals surface area contributed by atoms with Crippen LogP contribution in [0.25, 0.3) is 0 Å². The highest BCUT2D eigenvalue weighted by atomic mass is 19.4. The third kappa shape index (κ3) is 1.89. The highest BCUT2D eigenvalue weighted by Crippen LogP contribution is 2.45. The lowest BCUT2D eigenvalue weighted by atomic mass is 9.78. The average molecular weight is 240 g/mol. The van der Waals surface area contributed by atoms with Crippen LogP contribution in [0.2, 0.25) is 0 Å². The lowest BCUT2D eigenvalue weighted by Gasteiger charge is -2.31. The summed E-state index contributed by atoms with van der Waals surface area (Å²) in [5.41, 5.74) is -1.41. The van der Waals surface area contributed by atoms with Gasteiger partial charge in [-0.25, -0.2) is 0 Å². The van der Waals surface area contributed by atoms with Crippen LogP contribution in [0.4, 0.5) is 13.2 Å². The number of nitrogens with one attached hydrogen (secondary N) is 1. The zero-order chi connectivity index (χ0) is 12.5. The third-order valence-corrected chi connectivity index (χ3v) is 3.24. The van der Waals surface area contributed by atoms with E-state index in [1.807, 2.05) is 6.07 Å². The molecule has 1 saturated heterocycles. The summed E-state index contributed by atoms with van der Waals surface area (Å²) in [6, 6.07) is 7.66. The number of nitriles is 1. The van der Waals surface area contributed by atoms with Crippen molar-refractivity contribution in [1.82, 2.24) is 5.32 Å². The lowest BCUT2D eigenvalue weighted by Crippen LogP contribution is -2.44. The molecule has 1 fully saturated rings. The second-order valence-corrected chi connectivity index (χ2v) is 4.20. The number of hydrogen-bond donors (Lipinski definition) is 1. The molecule has 0 spiro atoms. The molecule has 0 radical (unpaired) electrons. The molecule has 1 N–H and O–H groups in total. The maximum Gasteiger partial charge on any atom is 0.399 e. The van der Waals surface area contributed by atoms with Crippen LogP contribution in [0.3, 0.4) is 0 Å². The lowest BCUT2D eigenvalue weighted by molar-refractivity contribution is -0.184. The summed E-state index contributed by atoms with van der Waals surface area (Å²) in [5, 5.41) is 11.5. The van der Waals surface area contributed by atoms with Crippen LogP contribution < -0.4 is 5.32 Å². The molecule has 0 aliphatic carbocycles. The number of alkyl halides is 3. The van der Waals surface area contributed by atoms with Crippen LogP contribution in [0.1, 0.15) is 17.5 Å². The highest BCUT2D eigenvalue weighted by molar-refractivity contribution is 5.38. The van der Waals surface area contributed by atoms with Crippen LogP contribution in [0, 0.1) is 11.3 Å². The summed E-state index contributed by atoms with van der Waals surface area (Å²) < 4.78 is 39.6. The quantitative estimate of drug-likeness (QED) is 0.817.